The first-order chi connectivity index (χ1) is 14.5. The van der Waals surface area contributed by atoms with Gasteiger partial charge in [0, 0.05) is 0 Å². The molecule has 4 rings (SSSR count). The molecule has 7 heteroatoms. The molecule has 0 saturated carbocycles. The first-order valence-corrected chi connectivity index (χ1v) is 10.00. The summed E-state index contributed by atoms with van der Waals surface area (Å²) >= 11 is 0.885. The minimum absolute atomic E-state index is 0.124. The maximum absolute atomic E-state index is 12.9. The third-order valence-corrected chi connectivity index (χ3v) is 5.74. The van der Waals surface area contributed by atoms with Gasteiger partial charge in [0.1, 0.15) is 0 Å². The van der Waals surface area contributed by atoms with Crippen LogP contribution in [0.15, 0.2) is 59.5 Å². The van der Waals surface area contributed by atoms with Crippen LogP contribution in [0.25, 0.3) is 16.8 Å². The maximum atomic E-state index is 12.9. The van der Waals surface area contributed by atoms with Crippen LogP contribution in [0, 0.1) is 0 Å². The number of hydrogen-bond acceptors (Lipinski definition) is 6. The number of rotatable bonds is 5. The molecule has 0 radical (unpaired) electrons. The number of phenols is 1. The van der Waals surface area contributed by atoms with Gasteiger partial charge in [-0.3, -0.25) is 14.5 Å². The largest absolute Gasteiger partial charge is 0.502 e. The second-order valence-corrected chi connectivity index (χ2v) is 7.72. The minimum Gasteiger partial charge on any atom is -0.502 e. The Morgan fingerprint density at radius 1 is 0.967 bits per heavy atom. The molecular formula is C23H19NO5S. The van der Waals surface area contributed by atoms with Crippen molar-refractivity contribution in [2.24, 2.45) is 0 Å². The van der Waals surface area contributed by atoms with Crippen molar-refractivity contribution in [1.82, 2.24) is 4.90 Å². The molecule has 3 aromatic rings. The molecule has 152 valence electrons. The molecule has 1 saturated heterocycles. The van der Waals surface area contributed by atoms with Crippen LogP contribution in [-0.2, 0) is 11.3 Å². The molecule has 1 aliphatic rings. The number of imide groups is 1. The number of hydrogen-bond donors (Lipinski definition) is 1. The fourth-order valence-corrected chi connectivity index (χ4v) is 4.14. The Morgan fingerprint density at radius 2 is 1.63 bits per heavy atom. The fraction of sp³-hybridized carbons (Fsp3) is 0.130. The van der Waals surface area contributed by atoms with Crippen LogP contribution >= 0.6 is 11.8 Å². The van der Waals surface area contributed by atoms with Gasteiger partial charge >= 0.3 is 0 Å². The summed E-state index contributed by atoms with van der Waals surface area (Å²) in [7, 11) is 2.85. The molecule has 6 nitrogen and oxygen atoms in total. The summed E-state index contributed by atoms with van der Waals surface area (Å²) in [5, 5.41) is 11.9. The molecule has 3 aromatic carbocycles. The Balaban J connectivity index is 1.60. The average molecular weight is 421 g/mol. The van der Waals surface area contributed by atoms with E-state index in [0.717, 1.165) is 28.1 Å². The highest BCUT2D eigenvalue weighted by Crippen LogP contribution is 2.39. The van der Waals surface area contributed by atoms with Crippen molar-refractivity contribution >= 4 is 39.8 Å². The van der Waals surface area contributed by atoms with Crippen LogP contribution in [0.1, 0.15) is 11.1 Å². The first kappa shape index (κ1) is 19.8. The lowest BCUT2D eigenvalue weighted by Gasteiger charge is -2.13. The summed E-state index contributed by atoms with van der Waals surface area (Å²) in [4.78, 5) is 26.9. The van der Waals surface area contributed by atoms with E-state index in [1.165, 1.54) is 19.1 Å². The van der Waals surface area contributed by atoms with Crippen molar-refractivity contribution in [2.75, 3.05) is 14.2 Å². The Kier molecular flexibility index (Phi) is 5.37. The summed E-state index contributed by atoms with van der Waals surface area (Å²) in [5.41, 5.74) is 1.46. The van der Waals surface area contributed by atoms with Crippen molar-refractivity contribution in [3.8, 4) is 17.2 Å². The second kappa shape index (κ2) is 8.12. The van der Waals surface area contributed by atoms with Gasteiger partial charge < -0.3 is 14.6 Å². The van der Waals surface area contributed by atoms with E-state index in [0.29, 0.717) is 10.5 Å². The Labute approximate surface area is 177 Å². The molecule has 1 heterocycles. The number of ether oxygens (including phenoxy) is 2. The summed E-state index contributed by atoms with van der Waals surface area (Å²) in [6.45, 7) is 0.203. The molecule has 0 bridgehead atoms. The number of nitrogens with zero attached hydrogens (tertiary/aromatic N) is 1. The molecule has 1 fully saturated rings. The summed E-state index contributed by atoms with van der Waals surface area (Å²) in [6.07, 6.45) is 1.59. The van der Waals surface area contributed by atoms with Crippen molar-refractivity contribution < 1.29 is 24.2 Å². The van der Waals surface area contributed by atoms with Crippen molar-refractivity contribution in [2.45, 2.75) is 6.54 Å². The van der Waals surface area contributed by atoms with Crippen LogP contribution in [-0.4, -0.2) is 35.4 Å². The predicted octanol–water partition coefficient (Wildman–Crippen LogP) is 4.80. The molecular weight excluding hydrogens is 402 g/mol. The van der Waals surface area contributed by atoms with E-state index in [9.17, 15) is 14.7 Å². The van der Waals surface area contributed by atoms with Crippen LogP contribution in [0.4, 0.5) is 4.79 Å². The van der Waals surface area contributed by atoms with E-state index < -0.39 is 0 Å². The zero-order chi connectivity index (χ0) is 21.3. The maximum Gasteiger partial charge on any atom is 0.293 e. The Morgan fingerprint density at radius 3 is 2.30 bits per heavy atom. The van der Waals surface area contributed by atoms with Gasteiger partial charge in [-0.15, -0.1) is 0 Å². The van der Waals surface area contributed by atoms with E-state index in [1.54, 1.807) is 18.2 Å². The standard InChI is InChI=1S/C23H19NO5S/c1-28-18-10-15(11-19(29-2)21(18)25)12-20-22(26)24(23(27)30-20)13-14-7-8-16-5-3-4-6-17(16)9-14/h3-12,25H,13H2,1-2H3/b20-12-. The van der Waals surface area contributed by atoms with Gasteiger partial charge in [-0.05, 0) is 57.9 Å². The van der Waals surface area contributed by atoms with Crippen molar-refractivity contribution in [3.05, 3.63) is 70.6 Å². The first-order valence-electron chi connectivity index (χ1n) is 9.18. The lowest BCUT2D eigenvalue weighted by atomic mass is 10.1. The second-order valence-electron chi connectivity index (χ2n) is 6.72. The van der Waals surface area contributed by atoms with E-state index >= 15 is 0 Å². The van der Waals surface area contributed by atoms with Gasteiger partial charge in [0.15, 0.2) is 11.5 Å². The minimum atomic E-state index is -0.357. The van der Waals surface area contributed by atoms with E-state index in [-0.39, 0.29) is 34.9 Å². The zero-order valence-electron chi connectivity index (χ0n) is 16.4. The van der Waals surface area contributed by atoms with Gasteiger partial charge in [-0.2, -0.15) is 0 Å². The normalized spacial score (nSPS) is 15.3. The SMILES string of the molecule is COc1cc(/C=C2\SC(=O)N(Cc3ccc4ccccc4c3)C2=O)cc(OC)c1O. The predicted molar refractivity (Wildman–Crippen MR) is 117 cm³/mol. The quantitative estimate of drug-likeness (QED) is 0.597. The zero-order valence-corrected chi connectivity index (χ0v) is 17.2. The molecule has 0 unspecified atom stereocenters. The average Bonchev–Trinajstić information content (AvgIpc) is 3.02. The van der Waals surface area contributed by atoms with Crippen LogP contribution in [0.5, 0.6) is 17.2 Å². The molecule has 0 aliphatic carbocycles. The van der Waals surface area contributed by atoms with Gasteiger partial charge in [0.25, 0.3) is 11.1 Å². The number of thioether (sulfide) groups is 1. The number of carbonyl (C=O) groups excluding carboxylic acids is 2. The highest BCUT2D eigenvalue weighted by Gasteiger charge is 2.35. The summed E-state index contributed by atoms with van der Waals surface area (Å²) in [5.74, 6) is -0.0438. The number of methoxy groups -OCH3 is 2. The van der Waals surface area contributed by atoms with E-state index in [4.69, 9.17) is 9.47 Å². The molecule has 0 atom stereocenters. The van der Waals surface area contributed by atoms with Crippen LogP contribution in [0.2, 0.25) is 0 Å². The third-order valence-electron chi connectivity index (χ3n) is 4.83. The van der Waals surface area contributed by atoms with Gasteiger partial charge in [0.05, 0.1) is 25.7 Å². The summed E-state index contributed by atoms with van der Waals surface area (Å²) < 4.78 is 10.3. The number of amides is 2. The molecule has 2 amide bonds. The highest BCUT2D eigenvalue weighted by molar-refractivity contribution is 8.18. The van der Waals surface area contributed by atoms with Crippen molar-refractivity contribution in [3.63, 3.8) is 0 Å². The Bertz CT molecular complexity index is 1160. The van der Waals surface area contributed by atoms with Crippen LogP contribution < -0.4 is 9.47 Å². The van der Waals surface area contributed by atoms with E-state index in [2.05, 4.69) is 0 Å². The highest BCUT2D eigenvalue weighted by atomic mass is 32.2. The molecule has 0 aromatic heterocycles. The molecule has 1 aliphatic heterocycles. The lowest BCUT2D eigenvalue weighted by Crippen LogP contribution is -2.27. The van der Waals surface area contributed by atoms with Gasteiger partial charge in [0.2, 0.25) is 5.75 Å². The number of aromatic hydroxyl groups is 1. The van der Waals surface area contributed by atoms with Gasteiger partial charge in [-0.25, -0.2) is 0 Å². The number of phenolic OH excluding ortho intramolecular Hbond substituents is 1. The molecule has 0 spiro atoms. The number of fused-ring (bicyclic) bond motifs is 1. The fourth-order valence-electron chi connectivity index (χ4n) is 3.30. The lowest BCUT2D eigenvalue weighted by molar-refractivity contribution is -0.123. The topological polar surface area (TPSA) is 76.1 Å². The van der Waals surface area contributed by atoms with Crippen LogP contribution in [0.3, 0.4) is 0 Å². The van der Waals surface area contributed by atoms with Crippen molar-refractivity contribution in [1.29, 1.82) is 0 Å². The Hall–Kier alpha value is -3.45. The van der Waals surface area contributed by atoms with Gasteiger partial charge in [-0.1, -0.05) is 36.4 Å². The smallest absolute Gasteiger partial charge is 0.293 e. The van der Waals surface area contributed by atoms with E-state index in [1.807, 2.05) is 42.5 Å². The summed E-state index contributed by atoms with van der Waals surface area (Å²) in [6, 6.07) is 17.0. The monoisotopic (exact) mass is 421 g/mol. The molecule has 30 heavy (non-hydrogen) atoms. The third kappa shape index (κ3) is 3.71. The number of carbonyl (C=O) groups is 2. The number of benzene rings is 3. The molecule has 1 N–H and O–H groups in total.